The second kappa shape index (κ2) is 7.52. The number of benzene rings is 1. The molecule has 1 atom stereocenters. The van der Waals surface area contributed by atoms with Crippen LogP contribution in [0.3, 0.4) is 0 Å². The number of aryl methyl sites for hydroxylation is 2. The molecule has 0 spiro atoms. The van der Waals surface area contributed by atoms with E-state index in [1.807, 2.05) is 6.92 Å². The lowest BCUT2D eigenvalue weighted by Gasteiger charge is -2.18. The van der Waals surface area contributed by atoms with E-state index in [1.54, 1.807) is 43.5 Å². The Morgan fingerprint density at radius 2 is 1.89 bits per heavy atom. The van der Waals surface area contributed by atoms with Crippen molar-refractivity contribution in [3.05, 3.63) is 47.9 Å². The normalized spacial score (nSPS) is 18.1. The lowest BCUT2D eigenvalue weighted by atomic mass is 10.1. The highest BCUT2D eigenvalue weighted by Gasteiger charge is 2.22. The fourth-order valence-electron chi connectivity index (χ4n) is 3.56. The van der Waals surface area contributed by atoms with Crippen LogP contribution in [0.1, 0.15) is 30.7 Å². The molecule has 28 heavy (non-hydrogen) atoms. The molecule has 7 nitrogen and oxygen atoms in total. The third-order valence-corrected chi connectivity index (χ3v) is 6.77. The second-order valence-corrected chi connectivity index (χ2v) is 9.14. The van der Waals surface area contributed by atoms with Crippen molar-refractivity contribution in [1.82, 2.24) is 19.3 Å². The monoisotopic (exact) mass is 399 g/mol. The van der Waals surface area contributed by atoms with Gasteiger partial charge in [0, 0.05) is 18.8 Å². The first-order chi connectivity index (χ1) is 13.4. The molecule has 1 aliphatic heterocycles. The van der Waals surface area contributed by atoms with Crippen LogP contribution in [-0.4, -0.2) is 41.5 Å². The standard InChI is InChI=1S/C20H25N5O2S/c1-14-6-8-17(9-7-14)28(26,27)25-12-10-18-19(22-15(2)23-20(18)25)24-16-5-3-4-11-21-13-16/h6-10,12,16,21H,3-5,11,13H2,1-2H3,(H,22,23,24). The summed E-state index contributed by atoms with van der Waals surface area (Å²) in [5.41, 5.74) is 1.41. The molecule has 0 amide bonds. The lowest BCUT2D eigenvalue weighted by Crippen LogP contribution is -2.31. The third-order valence-electron chi connectivity index (χ3n) is 5.09. The molecule has 2 N–H and O–H groups in total. The molecular weight excluding hydrogens is 374 g/mol. The Balaban J connectivity index is 1.75. The molecule has 1 fully saturated rings. The molecule has 2 aromatic heterocycles. The minimum Gasteiger partial charge on any atom is -0.365 e. The summed E-state index contributed by atoms with van der Waals surface area (Å²) in [5.74, 6) is 1.23. The van der Waals surface area contributed by atoms with Gasteiger partial charge in [-0.3, -0.25) is 0 Å². The van der Waals surface area contributed by atoms with Crippen LogP contribution >= 0.6 is 0 Å². The van der Waals surface area contributed by atoms with E-state index < -0.39 is 10.0 Å². The van der Waals surface area contributed by atoms with E-state index >= 15 is 0 Å². The van der Waals surface area contributed by atoms with Crippen molar-refractivity contribution in [2.75, 3.05) is 18.4 Å². The maximum absolute atomic E-state index is 13.2. The number of nitrogens with one attached hydrogen (secondary N) is 2. The van der Waals surface area contributed by atoms with Crippen LogP contribution in [0.4, 0.5) is 5.82 Å². The van der Waals surface area contributed by atoms with E-state index in [9.17, 15) is 8.42 Å². The van der Waals surface area contributed by atoms with Crippen LogP contribution in [-0.2, 0) is 10.0 Å². The molecule has 148 valence electrons. The van der Waals surface area contributed by atoms with Crippen molar-refractivity contribution in [2.45, 2.75) is 44.0 Å². The van der Waals surface area contributed by atoms with Crippen molar-refractivity contribution in [3.63, 3.8) is 0 Å². The molecule has 1 saturated heterocycles. The van der Waals surface area contributed by atoms with Crippen molar-refractivity contribution >= 4 is 26.9 Å². The number of anilines is 1. The first-order valence-corrected chi connectivity index (χ1v) is 11.0. The van der Waals surface area contributed by atoms with Crippen LogP contribution in [0.15, 0.2) is 41.4 Å². The van der Waals surface area contributed by atoms with Crippen molar-refractivity contribution in [1.29, 1.82) is 0 Å². The van der Waals surface area contributed by atoms with E-state index in [-0.39, 0.29) is 10.9 Å². The topological polar surface area (TPSA) is 88.9 Å². The van der Waals surface area contributed by atoms with E-state index in [0.717, 1.165) is 31.5 Å². The summed E-state index contributed by atoms with van der Waals surface area (Å²) in [4.78, 5) is 9.23. The van der Waals surface area contributed by atoms with Gasteiger partial charge in [0.2, 0.25) is 0 Å². The van der Waals surface area contributed by atoms with Gasteiger partial charge >= 0.3 is 0 Å². The summed E-state index contributed by atoms with van der Waals surface area (Å²) in [5, 5.41) is 7.64. The molecule has 0 aliphatic carbocycles. The predicted molar refractivity (Wildman–Crippen MR) is 110 cm³/mol. The molecule has 0 radical (unpaired) electrons. The molecule has 4 rings (SSSR count). The molecule has 3 heterocycles. The Morgan fingerprint density at radius 3 is 2.68 bits per heavy atom. The molecule has 0 saturated carbocycles. The Bertz CT molecular complexity index is 1080. The fourth-order valence-corrected chi connectivity index (χ4v) is 4.86. The minimum absolute atomic E-state index is 0.245. The van der Waals surface area contributed by atoms with Crippen molar-refractivity contribution < 1.29 is 8.42 Å². The van der Waals surface area contributed by atoms with E-state index in [2.05, 4.69) is 20.6 Å². The number of hydrogen-bond acceptors (Lipinski definition) is 6. The summed E-state index contributed by atoms with van der Waals surface area (Å²) in [6, 6.07) is 8.88. The van der Waals surface area contributed by atoms with Crippen molar-refractivity contribution in [3.8, 4) is 0 Å². The highest BCUT2D eigenvalue weighted by molar-refractivity contribution is 7.90. The van der Waals surface area contributed by atoms with Gasteiger partial charge in [0.05, 0.1) is 10.3 Å². The van der Waals surface area contributed by atoms with E-state index in [1.165, 1.54) is 10.4 Å². The Morgan fingerprint density at radius 1 is 1.11 bits per heavy atom. The van der Waals surface area contributed by atoms with Crippen LogP contribution < -0.4 is 10.6 Å². The van der Waals surface area contributed by atoms with Crippen LogP contribution in [0.2, 0.25) is 0 Å². The predicted octanol–water partition coefficient (Wildman–Crippen LogP) is 2.84. The summed E-state index contributed by atoms with van der Waals surface area (Å²) in [6.45, 7) is 5.61. The Kier molecular flexibility index (Phi) is 5.07. The van der Waals surface area contributed by atoms with Gasteiger partial charge in [0.25, 0.3) is 10.0 Å². The molecule has 1 aromatic carbocycles. The first kappa shape index (κ1) is 18.9. The van der Waals surface area contributed by atoms with Gasteiger partial charge in [0.15, 0.2) is 5.65 Å². The summed E-state index contributed by atoms with van der Waals surface area (Å²) >= 11 is 0. The maximum atomic E-state index is 13.2. The van der Waals surface area contributed by atoms with Gasteiger partial charge in [0.1, 0.15) is 11.6 Å². The number of nitrogens with zero attached hydrogens (tertiary/aromatic N) is 3. The van der Waals surface area contributed by atoms with Crippen LogP contribution in [0, 0.1) is 13.8 Å². The summed E-state index contributed by atoms with van der Waals surface area (Å²) < 4.78 is 27.5. The SMILES string of the molecule is Cc1ccc(S(=O)(=O)n2ccc3c(NC4CCCCNC4)nc(C)nc32)cc1. The quantitative estimate of drug-likeness (QED) is 0.701. The Labute approximate surface area is 165 Å². The average Bonchev–Trinajstić information content (AvgIpc) is 2.92. The number of rotatable bonds is 4. The average molecular weight is 400 g/mol. The molecule has 1 aliphatic rings. The van der Waals surface area contributed by atoms with Gasteiger partial charge in [-0.15, -0.1) is 0 Å². The third kappa shape index (κ3) is 3.62. The number of aromatic nitrogens is 3. The highest BCUT2D eigenvalue weighted by Crippen LogP contribution is 2.26. The maximum Gasteiger partial charge on any atom is 0.269 e. The zero-order valence-corrected chi connectivity index (χ0v) is 17.0. The van der Waals surface area contributed by atoms with Gasteiger partial charge in [-0.25, -0.2) is 22.4 Å². The van der Waals surface area contributed by atoms with Gasteiger partial charge < -0.3 is 10.6 Å². The Hall–Kier alpha value is -2.45. The summed E-state index contributed by atoms with van der Waals surface area (Å²) in [7, 11) is -3.73. The van der Waals surface area contributed by atoms with Crippen LogP contribution in [0.5, 0.6) is 0 Å². The molecule has 8 heteroatoms. The zero-order chi connectivity index (χ0) is 19.7. The van der Waals surface area contributed by atoms with E-state index in [4.69, 9.17) is 0 Å². The first-order valence-electron chi connectivity index (χ1n) is 9.60. The largest absolute Gasteiger partial charge is 0.365 e. The molecule has 1 unspecified atom stereocenters. The van der Waals surface area contributed by atoms with Crippen molar-refractivity contribution in [2.24, 2.45) is 0 Å². The molecule has 0 bridgehead atoms. The molecular formula is C20H25N5O2S. The fraction of sp³-hybridized carbons (Fsp3) is 0.400. The highest BCUT2D eigenvalue weighted by atomic mass is 32.2. The number of hydrogen-bond donors (Lipinski definition) is 2. The summed E-state index contributed by atoms with van der Waals surface area (Å²) in [6.07, 6.45) is 4.94. The van der Waals surface area contributed by atoms with E-state index in [0.29, 0.717) is 22.7 Å². The molecule has 3 aromatic rings. The minimum atomic E-state index is -3.73. The zero-order valence-electron chi connectivity index (χ0n) is 16.1. The smallest absolute Gasteiger partial charge is 0.269 e. The number of fused-ring (bicyclic) bond motifs is 1. The second-order valence-electron chi connectivity index (χ2n) is 7.33. The van der Waals surface area contributed by atoms with Crippen LogP contribution in [0.25, 0.3) is 11.0 Å². The van der Waals surface area contributed by atoms with Gasteiger partial charge in [-0.2, -0.15) is 0 Å². The van der Waals surface area contributed by atoms with Gasteiger partial charge in [-0.05, 0) is 51.4 Å². The van der Waals surface area contributed by atoms with Gasteiger partial charge in [-0.1, -0.05) is 24.1 Å². The lowest BCUT2D eigenvalue weighted by molar-refractivity contribution is 0.588.